The van der Waals surface area contributed by atoms with E-state index in [1.165, 1.54) is 10.9 Å². The van der Waals surface area contributed by atoms with Crippen molar-refractivity contribution < 1.29 is 9.90 Å². The molecule has 0 spiro atoms. The van der Waals surface area contributed by atoms with Gasteiger partial charge >= 0.3 is 6.03 Å². The molecule has 2 heterocycles. The van der Waals surface area contributed by atoms with Gasteiger partial charge in [-0.3, -0.25) is 0 Å². The zero-order valence-corrected chi connectivity index (χ0v) is 12.7. The molecule has 1 aliphatic heterocycles. The van der Waals surface area contributed by atoms with Crippen molar-refractivity contribution in [2.75, 3.05) is 26.2 Å². The third kappa shape index (κ3) is 3.25. The highest BCUT2D eigenvalue weighted by molar-refractivity contribution is 5.83. The number of para-hydroxylation sites is 1. The quantitative estimate of drug-likeness (QED) is 0.809. The fraction of sp³-hybridized carbons (Fsp3) is 0.471. The molecular formula is C17H23N3O2. The van der Waals surface area contributed by atoms with Gasteiger partial charge in [-0.15, -0.1) is 0 Å². The van der Waals surface area contributed by atoms with Gasteiger partial charge in [0.25, 0.3) is 0 Å². The smallest absolute Gasteiger partial charge is 0.317 e. The molecule has 0 unspecified atom stereocenters. The molecule has 2 amide bonds. The molecule has 3 N–H and O–H groups in total. The minimum absolute atomic E-state index is 0.0104. The van der Waals surface area contributed by atoms with Gasteiger partial charge in [-0.1, -0.05) is 18.2 Å². The van der Waals surface area contributed by atoms with Crippen LogP contribution in [0.2, 0.25) is 0 Å². The number of carbonyl (C=O) groups is 1. The second kappa shape index (κ2) is 6.83. The van der Waals surface area contributed by atoms with Gasteiger partial charge in [-0.25, -0.2) is 4.79 Å². The van der Waals surface area contributed by atoms with Crippen LogP contribution >= 0.6 is 0 Å². The predicted octanol–water partition coefficient (Wildman–Crippen LogP) is 2.12. The number of aliphatic hydroxyl groups is 1. The van der Waals surface area contributed by atoms with Crippen molar-refractivity contribution in [1.29, 1.82) is 0 Å². The van der Waals surface area contributed by atoms with E-state index in [2.05, 4.69) is 22.4 Å². The molecule has 1 fully saturated rings. The number of piperidine rings is 1. The number of benzene rings is 1. The number of aromatic amines is 1. The van der Waals surface area contributed by atoms with Crippen molar-refractivity contribution in [3.05, 3.63) is 36.0 Å². The topological polar surface area (TPSA) is 68.4 Å². The molecule has 1 aliphatic rings. The van der Waals surface area contributed by atoms with Crippen LogP contribution in [0.5, 0.6) is 0 Å². The number of fused-ring (bicyclic) bond motifs is 1. The van der Waals surface area contributed by atoms with Gasteiger partial charge in [0.2, 0.25) is 0 Å². The minimum atomic E-state index is 0.0104. The van der Waals surface area contributed by atoms with Crippen LogP contribution in [-0.2, 0) is 6.42 Å². The third-order valence-electron chi connectivity index (χ3n) is 4.51. The van der Waals surface area contributed by atoms with Crippen LogP contribution in [0.1, 0.15) is 18.4 Å². The summed E-state index contributed by atoms with van der Waals surface area (Å²) in [6.45, 7) is 2.35. The summed E-state index contributed by atoms with van der Waals surface area (Å²) < 4.78 is 0. The minimum Gasteiger partial charge on any atom is -0.396 e. The van der Waals surface area contributed by atoms with Crippen LogP contribution in [0.25, 0.3) is 10.9 Å². The van der Waals surface area contributed by atoms with Crippen LogP contribution in [0.15, 0.2) is 30.5 Å². The molecule has 0 aliphatic carbocycles. The summed E-state index contributed by atoms with van der Waals surface area (Å²) in [5.74, 6) is 0.357. The molecule has 1 saturated heterocycles. The van der Waals surface area contributed by atoms with Crippen molar-refractivity contribution in [1.82, 2.24) is 15.2 Å². The Morgan fingerprint density at radius 1 is 1.32 bits per heavy atom. The molecule has 0 bridgehead atoms. The average molecular weight is 301 g/mol. The summed E-state index contributed by atoms with van der Waals surface area (Å²) in [6.07, 6.45) is 4.63. The van der Waals surface area contributed by atoms with Crippen molar-refractivity contribution in [3.8, 4) is 0 Å². The molecular weight excluding hydrogens is 278 g/mol. The Bertz CT molecular complexity index is 630. The Morgan fingerprint density at radius 3 is 2.86 bits per heavy atom. The molecule has 0 radical (unpaired) electrons. The van der Waals surface area contributed by atoms with E-state index in [-0.39, 0.29) is 12.6 Å². The summed E-state index contributed by atoms with van der Waals surface area (Å²) in [6, 6.07) is 8.21. The second-order valence-electron chi connectivity index (χ2n) is 5.95. The fourth-order valence-corrected chi connectivity index (χ4v) is 3.07. The van der Waals surface area contributed by atoms with E-state index in [0.29, 0.717) is 12.5 Å². The lowest BCUT2D eigenvalue weighted by Crippen LogP contribution is -2.45. The summed E-state index contributed by atoms with van der Waals surface area (Å²) >= 11 is 0. The number of nitrogens with zero attached hydrogens (tertiary/aromatic N) is 1. The Kier molecular flexibility index (Phi) is 4.63. The lowest BCUT2D eigenvalue weighted by atomic mass is 9.98. The van der Waals surface area contributed by atoms with E-state index in [1.807, 2.05) is 23.2 Å². The maximum Gasteiger partial charge on any atom is 0.317 e. The van der Waals surface area contributed by atoms with Crippen LogP contribution in [0.3, 0.4) is 0 Å². The zero-order chi connectivity index (χ0) is 15.4. The van der Waals surface area contributed by atoms with Gasteiger partial charge in [0.15, 0.2) is 0 Å². The van der Waals surface area contributed by atoms with Gasteiger partial charge in [0, 0.05) is 43.3 Å². The largest absolute Gasteiger partial charge is 0.396 e. The molecule has 1 aromatic heterocycles. The first kappa shape index (κ1) is 14.9. The number of H-pyrrole nitrogens is 1. The highest BCUT2D eigenvalue weighted by Crippen LogP contribution is 2.18. The van der Waals surface area contributed by atoms with E-state index in [9.17, 15) is 4.79 Å². The van der Waals surface area contributed by atoms with Crippen LogP contribution in [0.4, 0.5) is 4.79 Å². The Balaban J connectivity index is 1.48. The zero-order valence-electron chi connectivity index (χ0n) is 12.7. The summed E-state index contributed by atoms with van der Waals surface area (Å²) in [5, 5.41) is 13.3. The fourth-order valence-electron chi connectivity index (χ4n) is 3.07. The summed E-state index contributed by atoms with van der Waals surface area (Å²) in [7, 11) is 0. The predicted molar refractivity (Wildman–Crippen MR) is 86.8 cm³/mol. The number of amides is 2. The van der Waals surface area contributed by atoms with Crippen molar-refractivity contribution in [2.45, 2.75) is 19.3 Å². The van der Waals surface area contributed by atoms with Crippen LogP contribution in [0, 0.1) is 5.92 Å². The van der Waals surface area contributed by atoms with E-state index in [0.717, 1.165) is 37.9 Å². The van der Waals surface area contributed by atoms with Crippen LogP contribution in [-0.4, -0.2) is 47.3 Å². The highest BCUT2D eigenvalue weighted by atomic mass is 16.3. The summed E-state index contributed by atoms with van der Waals surface area (Å²) in [4.78, 5) is 17.2. The van der Waals surface area contributed by atoms with Gasteiger partial charge in [0.05, 0.1) is 0 Å². The number of hydrogen-bond acceptors (Lipinski definition) is 2. The lowest BCUT2D eigenvalue weighted by molar-refractivity contribution is 0.137. The first-order valence-electron chi connectivity index (χ1n) is 7.96. The molecule has 5 heteroatoms. The van der Waals surface area contributed by atoms with Gasteiger partial charge < -0.3 is 20.3 Å². The van der Waals surface area contributed by atoms with Gasteiger partial charge in [-0.05, 0) is 36.8 Å². The first-order valence-corrected chi connectivity index (χ1v) is 7.96. The monoisotopic (exact) mass is 301 g/mol. The molecule has 0 atom stereocenters. The molecule has 0 saturated carbocycles. The highest BCUT2D eigenvalue weighted by Gasteiger charge is 2.21. The van der Waals surface area contributed by atoms with Crippen molar-refractivity contribution in [3.63, 3.8) is 0 Å². The number of aliphatic hydroxyl groups excluding tert-OH is 1. The van der Waals surface area contributed by atoms with Crippen molar-refractivity contribution >= 4 is 16.9 Å². The van der Waals surface area contributed by atoms with Crippen molar-refractivity contribution in [2.24, 2.45) is 5.92 Å². The maximum absolute atomic E-state index is 12.1. The van der Waals surface area contributed by atoms with Crippen LogP contribution < -0.4 is 5.32 Å². The Hall–Kier alpha value is -2.01. The number of carbonyl (C=O) groups excluding carboxylic acids is 1. The Morgan fingerprint density at radius 2 is 2.09 bits per heavy atom. The van der Waals surface area contributed by atoms with E-state index >= 15 is 0 Å². The molecule has 3 rings (SSSR count). The summed E-state index contributed by atoms with van der Waals surface area (Å²) in [5.41, 5.74) is 2.37. The number of hydrogen-bond donors (Lipinski definition) is 3. The number of nitrogens with one attached hydrogen (secondary N) is 2. The maximum atomic E-state index is 12.1. The third-order valence-corrected chi connectivity index (χ3v) is 4.51. The average Bonchev–Trinajstić information content (AvgIpc) is 2.98. The van der Waals surface area contributed by atoms with Gasteiger partial charge in [0.1, 0.15) is 0 Å². The lowest BCUT2D eigenvalue weighted by Gasteiger charge is -2.31. The number of rotatable bonds is 4. The first-order chi connectivity index (χ1) is 10.8. The Labute approximate surface area is 130 Å². The number of aromatic nitrogens is 1. The molecule has 1 aromatic carbocycles. The van der Waals surface area contributed by atoms with Gasteiger partial charge in [-0.2, -0.15) is 0 Å². The number of urea groups is 1. The SMILES string of the molecule is O=C(NCCc1c[nH]c2ccccc12)N1CCC(CO)CC1. The number of likely N-dealkylation sites (tertiary alicyclic amines) is 1. The molecule has 118 valence electrons. The van der Waals surface area contributed by atoms with E-state index < -0.39 is 0 Å². The van der Waals surface area contributed by atoms with E-state index in [4.69, 9.17) is 5.11 Å². The standard InChI is InChI=1S/C17H23N3O2/c21-12-13-6-9-20(10-7-13)17(22)18-8-5-14-11-19-16-4-2-1-3-15(14)16/h1-4,11,13,19,21H,5-10,12H2,(H,18,22). The molecule has 22 heavy (non-hydrogen) atoms. The molecule has 2 aromatic rings. The normalized spacial score (nSPS) is 16.1. The molecule has 5 nitrogen and oxygen atoms in total. The van der Waals surface area contributed by atoms with E-state index in [1.54, 1.807) is 0 Å². The second-order valence-corrected chi connectivity index (χ2v) is 5.95.